The molecule has 1 aromatic rings. The van der Waals surface area contributed by atoms with Gasteiger partial charge in [-0.25, -0.2) is 0 Å². The third-order valence-electron chi connectivity index (χ3n) is 5.21. The van der Waals surface area contributed by atoms with E-state index in [-0.39, 0.29) is 0 Å². The number of guanidine groups is 1. The molecule has 0 radical (unpaired) electrons. The number of hydrogen-bond donors (Lipinski definition) is 2. The Morgan fingerprint density at radius 1 is 1.27 bits per heavy atom. The summed E-state index contributed by atoms with van der Waals surface area (Å²) < 4.78 is 7.49. The normalized spacial score (nSPS) is 17.5. The summed E-state index contributed by atoms with van der Waals surface area (Å²) in [7, 11) is 1.83. The summed E-state index contributed by atoms with van der Waals surface area (Å²) in [6, 6.07) is 0.515. The van der Waals surface area contributed by atoms with E-state index < -0.39 is 0 Å². The van der Waals surface area contributed by atoms with Crippen molar-refractivity contribution in [3.8, 4) is 0 Å². The van der Waals surface area contributed by atoms with Gasteiger partial charge in [0, 0.05) is 45.5 Å². The number of ether oxygens (including phenoxy) is 1. The van der Waals surface area contributed by atoms with Crippen LogP contribution in [0, 0.1) is 12.8 Å². The molecule has 0 aromatic carbocycles. The summed E-state index contributed by atoms with van der Waals surface area (Å²) >= 11 is 0. The summed E-state index contributed by atoms with van der Waals surface area (Å²) in [6.07, 6.45) is 6.34. The Hall–Kier alpha value is -1.60. The predicted octanol–water partition coefficient (Wildman–Crippen LogP) is 1.49. The van der Waals surface area contributed by atoms with Gasteiger partial charge in [-0.1, -0.05) is 26.7 Å². The Kier molecular flexibility index (Phi) is 8.91. The number of rotatable bonds is 9. The van der Waals surface area contributed by atoms with Crippen LogP contribution >= 0.6 is 0 Å². The standard InChI is InChI=1S/C19H36N6O/c1-5-17(6-2)18(24-9-11-26-12-10-24)14-22-19(20-4)21-7-8-25-15-16(3)13-23-25/h13,15,17-18H,5-12,14H2,1-4H3,(H2,20,21,22). The zero-order chi connectivity index (χ0) is 18.8. The van der Waals surface area contributed by atoms with E-state index >= 15 is 0 Å². The molecule has 1 unspecified atom stereocenters. The van der Waals surface area contributed by atoms with Crippen LogP contribution in [0.3, 0.4) is 0 Å². The molecular formula is C19H36N6O. The topological polar surface area (TPSA) is 66.7 Å². The van der Waals surface area contributed by atoms with Gasteiger partial charge in [-0.2, -0.15) is 5.10 Å². The maximum absolute atomic E-state index is 5.53. The van der Waals surface area contributed by atoms with Crippen molar-refractivity contribution in [3.05, 3.63) is 18.0 Å². The molecule has 0 aliphatic carbocycles. The number of aromatic nitrogens is 2. The number of aryl methyl sites for hydroxylation is 1. The minimum absolute atomic E-state index is 0.515. The van der Waals surface area contributed by atoms with E-state index in [4.69, 9.17) is 4.74 Å². The SMILES string of the molecule is CCC(CC)C(CNC(=NC)NCCn1cc(C)cn1)N1CCOCC1. The zero-order valence-electron chi connectivity index (χ0n) is 16.9. The largest absolute Gasteiger partial charge is 0.379 e. The molecule has 1 aromatic heterocycles. The lowest BCUT2D eigenvalue weighted by Crippen LogP contribution is -2.53. The fraction of sp³-hybridized carbons (Fsp3) is 0.789. The minimum atomic E-state index is 0.515. The van der Waals surface area contributed by atoms with Crippen molar-refractivity contribution in [3.63, 3.8) is 0 Å². The van der Waals surface area contributed by atoms with Crippen molar-refractivity contribution in [2.45, 2.75) is 46.2 Å². The molecule has 1 aliphatic rings. The first-order chi connectivity index (χ1) is 12.7. The van der Waals surface area contributed by atoms with Crippen molar-refractivity contribution in [1.29, 1.82) is 0 Å². The highest BCUT2D eigenvalue weighted by Crippen LogP contribution is 2.19. The van der Waals surface area contributed by atoms with Crippen LogP contribution in [-0.4, -0.2) is 73.1 Å². The third kappa shape index (κ3) is 6.29. The van der Waals surface area contributed by atoms with Gasteiger partial charge in [-0.05, 0) is 18.4 Å². The Labute approximate surface area is 158 Å². The minimum Gasteiger partial charge on any atom is -0.379 e. The Bertz CT molecular complexity index is 534. The van der Waals surface area contributed by atoms with Crippen LogP contribution in [-0.2, 0) is 11.3 Å². The Balaban J connectivity index is 1.83. The fourth-order valence-electron chi connectivity index (χ4n) is 3.64. The van der Waals surface area contributed by atoms with Gasteiger partial charge in [0.05, 0.1) is 26.0 Å². The second kappa shape index (κ2) is 11.2. The van der Waals surface area contributed by atoms with Gasteiger partial charge in [0.1, 0.15) is 0 Å². The van der Waals surface area contributed by atoms with Crippen LogP contribution in [0.25, 0.3) is 0 Å². The molecule has 0 saturated carbocycles. The highest BCUT2D eigenvalue weighted by Gasteiger charge is 2.26. The first-order valence-corrected chi connectivity index (χ1v) is 9.93. The van der Waals surface area contributed by atoms with Gasteiger partial charge in [0.25, 0.3) is 0 Å². The van der Waals surface area contributed by atoms with Crippen molar-refractivity contribution in [2.75, 3.05) is 46.4 Å². The molecule has 26 heavy (non-hydrogen) atoms. The molecule has 0 bridgehead atoms. The molecule has 1 atom stereocenters. The van der Waals surface area contributed by atoms with Gasteiger partial charge in [-0.15, -0.1) is 0 Å². The molecule has 7 nitrogen and oxygen atoms in total. The van der Waals surface area contributed by atoms with E-state index in [1.807, 2.05) is 17.9 Å². The van der Waals surface area contributed by atoms with Crippen LogP contribution in [0.5, 0.6) is 0 Å². The van der Waals surface area contributed by atoms with Crippen LogP contribution in [0.15, 0.2) is 17.4 Å². The van der Waals surface area contributed by atoms with Crippen molar-refractivity contribution in [2.24, 2.45) is 10.9 Å². The van der Waals surface area contributed by atoms with E-state index in [1.54, 1.807) is 0 Å². The van der Waals surface area contributed by atoms with E-state index in [0.717, 1.165) is 51.9 Å². The summed E-state index contributed by atoms with van der Waals surface area (Å²) in [5.74, 6) is 1.55. The molecule has 2 N–H and O–H groups in total. The molecule has 1 saturated heterocycles. The van der Waals surface area contributed by atoms with Crippen LogP contribution in [0.1, 0.15) is 32.3 Å². The smallest absolute Gasteiger partial charge is 0.191 e. The molecule has 0 spiro atoms. The number of aliphatic imine (C=N–C) groups is 1. The van der Waals surface area contributed by atoms with Crippen LogP contribution in [0.2, 0.25) is 0 Å². The molecule has 7 heteroatoms. The second-order valence-electron chi connectivity index (χ2n) is 6.95. The Morgan fingerprint density at radius 2 is 2.00 bits per heavy atom. The van der Waals surface area contributed by atoms with Gasteiger partial charge in [-0.3, -0.25) is 14.6 Å². The third-order valence-corrected chi connectivity index (χ3v) is 5.21. The van der Waals surface area contributed by atoms with Gasteiger partial charge >= 0.3 is 0 Å². The van der Waals surface area contributed by atoms with Crippen molar-refractivity contribution >= 4 is 5.96 Å². The average molecular weight is 365 g/mol. The lowest BCUT2D eigenvalue weighted by atomic mass is 9.92. The highest BCUT2D eigenvalue weighted by molar-refractivity contribution is 5.79. The molecule has 1 aliphatic heterocycles. The molecule has 2 rings (SSSR count). The lowest BCUT2D eigenvalue weighted by Gasteiger charge is -2.39. The molecule has 0 amide bonds. The van der Waals surface area contributed by atoms with Crippen molar-refractivity contribution < 1.29 is 4.74 Å². The number of hydrogen-bond acceptors (Lipinski definition) is 4. The first-order valence-electron chi connectivity index (χ1n) is 9.93. The number of morpholine rings is 1. The summed E-state index contributed by atoms with van der Waals surface area (Å²) in [6.45, 7) is 12.9. The average Bonchev–Trinajstić information content (AvgIpc) is 3.09. The van der Waals surface area contributed by atoms with E-state index in [2.05, 4.69) is 52.6 Å². The lowest BCUT2D eigenvalue weighted by molar-refractivity contribution is 0.00272. The number of nitrogens with zero attached hydrogens (tertiary/aromatic N) is 4. The maximum atomic E-state index is 5.53. The van der Waals surface area contributed by atoms with Crippen LogP contribution in [0.4, 0.5) is 0 Å². The maximum Gasteiger partial charge on any atom is 0.191 e. The molecule has 148 valence electrons. The fourth-order valence-corrected chi connectivity index (χ4v) is 3.64. The summed E-state index contributed by atoms with van der Waals surface area (Å²) in [5, 5.41) is 11.2. The van der Waals surface area contributed by atoms with E-state index in [9.17, 15) is 0 Å². The predicted molar refractivity (Wildman–Crippen MR) is 107 cm³/mol. The van der Waals surface area contributed by atoms with Gasteiger partial charge in [0.15, 0.2) is 5.96 Å². The van der Waals surface area contributed by atoms with Crippen molar-refractivity contribution in [1.82, 2.24) is 25.3 Å². The molecular weight excluding hydrogens is 328 g/mol. The van der Waals surface area contributed by atoms with Gasteiger partial charge in [0.2, 0.25) is 0 Å². The summed E-state index contributed by atoms with van der Waals surface area (Å²) in [4.78, 5) is 6.95. The second-order valence-corrected chi connectivity index (χ2v) is 6.95. The molecule has 2 heterocycles. The zero-order valence-corrected chi connectivity index (χ0v) is 16.9. The van der Waals surface area contributed by atoms with E-state index in [1.165, 1.54) is 18.4 Å². The molecule has 1 fully saturated rings. The number of nitrogens with one attached hydrogen (secondary N) is 2. The first kappa shape index (κ1) is 20.7. The van der Waals surface area contributed by atoms with Crippen LogP contribution < -0.4 is 10.6 Å². The van der Waals surface area contributed by atoms with Gasteiger partial charge < -0.3 is 15.4 Å². The quantitative estimate of drug-likeness (QED) is 0.513. The monoisotopic (exact) mass is 364 g/mol. The summed E-state index contributed by atoms with van der Waals surface area (Å²) in [5.41, 5.74) is 1.19. The Morgan fingerprint density at radius 3 is 2.58 bits per heavy atom. The van der Waals surface area contributed by atoms with E-state index in [0.29, 0.717) is 12.0 Å². The highest BCUT2D eigenvalue weighted by atomic mass is 16.5.